The molecule has 7 nitrogen and oxygen atoms in total. The van der Waals surface area contributed by atoms with Crippen molar-refractivity contribution in [2.75, 3.05) is 13.1 Å². The molecular formula is C24H33F2N3O4S. The van der Waals surface area contributed by atoms with E-state index in [4.69, 9.17) is 4.98 Å². The van der Waals surface area contributed by atoms with Gasteiger partial charge in [0.15, 0.2) is 0 Å². The fraction of sp³-hybridized carbons (Fsp3) is 0.667. The van der Waals surface area contributed by atoms with Crippen LogP contribution in [0.15, 0.2) is 23.1 Å². The van der Waals surface area contributed by atoms with Gasteiger partial charge in [-0.1, -0.05) is 20.8 Å². The summed E-state index contributed by atoms with van der Waals surface area (Å²) in [6.07, 6.45) is 1.65. The first-order chi connectivity index (χ1) is 15.8. The fourth-order valence-electron chi connectivity index (χ4n) is 5.08. The van der Waals surface area contributed by atoms with Crippen LogP contribution >= 0.6 is 0 Å². The highest BCUT2D eigenvalue weighted by atomic mass is 32.2. The average molecular weight is 498 g/mol. The van der Waals surface area contributed by atoms with Gasteiger partial charge in [0, 0.05) is 37.9 Å². The summed E-state index contributed by atoms with van der Waals surface area (Å²) in [7, 11) is -3.86. The van der Waals surface area contributed by atoms with Gasteiger partial charge in [0.05, 0.1) is 21.8 Å². The van der Waals surface area contributed by atoms with Gasteiger partial charge in [-0.05, 0) is 49.8 Å². The SMILES string of the molecule is CC(C)(C)c1nc2cc(S(=O)(=O)N3CCC[C@H](C(=O)O)C3)ccc2n1CC1CCC(F)(F)CC1. The van der Waals surface area contributed by atoms with Gasteiger partial charge < -0.3 is 9.67 Å². The number of alkyl halides is 2. The lowest BCUT2D eigenvalue weighted by molar-refractivity contribution is -0.142. The number of carbonyl (C=O) groups is 1. The van der Waals surface area contributed by atoms with Crippen LogP contribution in [0.5, 0.6) is 0 Å². The monoisotopic (exact) mass is 497 g/mol. The van der Waals surface area contributed by atoms with Crippen molar-refractivity contribution in [1.29, 1.82) is 0 Å². The number of imidazole rings is 1. The van der Waals surface area contributed by atoms with Gasteiger partial charge in [0.2, 0.25) is 15.9 Å². The highest BCUT2D eigenvalue weighted by Crippen LogP contribution is 2.38. The molecule has 1 aromatic carbocycles. The largest absolute Gasteiger partial charge is 0.481 e. The van der Waals surface area contributed by atoms with Crippen LogP contribution in [0.25, 0.3) is 11.0 Å². The maximum Gasteiger partial charge on any atom is 0.307 e. The molecule has 0 unspecified atom stereocenters. The Hall–Kier alpha value is -2.07. The molecule has 188 valence electrons. The fourth-order valence-corrected chi connectivity index (χ4v) is 6.62. The van der Waals surface area contributed by atoms with Gasteiger partial charge in [0.25, 0.3) is 0 Å². The van der Waals surface area contributed by atoms with Gasteiger partial charge in [-0.25, -0.2) is 22.2 Å². The third-order valence-corrected chi connectivity index (χ3v) is 8.90. The maximum atomic E-state index is 13.6. The van der Waals surface area contributed by atoms with Crippen molar-refractivity contribution in [2.45, 2.75) is 82.1 Å². The first-order valence-corrected chi connectivity index (χ1v) is 13.3. The maximum absolute atomic E-state index is 13.6. The van der Waals surface area contributed by atoms with Crippen molar-refractivity contribution in [3.05, 3.63) is 24.0 Å². The van der Waals surface area contributed by atoms with Gasteiger partial charge in [0.1, 0.15) is 5.82 Å². The first-order valence-electron chi connectivity index (χ1n) is 11.9. The molecule has 2 aromatic rings. The molecule has 0 spiro atoms. The number of hydrogen-bond acceptors (Lipinski definition) is 4. The molecule has 1 saturated heterocycles. The van der Waals surface area contributed by atoms with Crippen molar-refractivity contribution >= 4 is 27.0 Å². The number of aliphatic carboxylic acids is 1. The third-order valence-electron chi connectivity index (χ3n) is 7.04. The van der Waals surface area contributed by atoms with E-state index in [1.165, 1.54) is 4.31 Å². The number of carboxylic acid groups (broad SMARTS) is 1. The van der Waals surface area contributed by atoms with E-state index < -0.39 is 27.8 Å². The molecule has 10 heteroatoms. The van der Waals surface area contributed by atoms with E-state index in [2.05, 4.69) is 4.57 Å². The zero-order valence-corrected chi connectivity index (χ0v) is 20.7. The molecule has 0 amide bonds. The highest BCUT2D eigenvalue weighted by Gasteiger charge is 2.36. The number of rotatable bonds is 5. The normalized spacial score (nSPS) is 22.8. The summed E-state index contributed by atoms with van der Waals surface area (Å²) < 4.78 is 57.2. The highest BCUT2D eigenvalue weighted by molar-refractivity contribution is 7.89. The predicted molar refractivity (Wildman–Crippen MR) is 124 cm³/mol. The van der Waals surface area contributed by atoms with E-state index in [1.54, 1.807) is 18.2 Å². The van der Waals surface area contributed by atoms with Crippen LogP contribution in [0, 0.1) is 11.8 Å². The summed E-state index contributed by atoms with van der Waals surface area (Å²) in [5, 5.41) is 9.33. The minimum absolute atomic E-state index is 0.0380. The Morgan fingerprint density at radius 1 is 1.21 bits per heavy atom. The van der Waals surface area contributed by atoms with Crippen LogP contribution in [0.2, 0.25) is 0 Å². The number of hydrogen-bond donors (Lipinski definition) is 1. The molecular weight excluding hydrogens is 464 g/mol. The minimum atomic E-state index is -3.86. The van der Waals surface area contributed by atoms with Crippen molar-refractivity contribution < 1.29 is 27.1 Å². The lowest BCUT2D eigenvalue weighted by atomic mass is 9.86. The lowest BCUT2D eigenvalue weighted by Gasteiger charge is -2.30. The Morgan fingerprint density at radius 3 is 2.50 bits per heavy atom. The molecule has 0 bridgehead atoms. The predicted octanol–water partition coefficient (Wildman–Crippen LogP) is 4.64. The summed E-state index contributed by atoms with van der Waals surface area (Å²) in [6, 6.07) is 4.83. The zero-order valence-electron chi connectivity index (χ0n) is 19.9. The van der Waals surface area contributed by atoms with Crippen molar-refractivity contribution in [1.82, 2.24) is 13.9 Å². The van der Waals surface area contributed by atoms with E-state index in [0.29, 0.717) is 37.7 Å². The van der Waals surface area contributed by atoms with Crippen LogP contribution in [0.1, 0.15) is 65.1 Å². The molecule has 4 rings (SSSR count). The second-order valence-electron chi connectivity index (χ2n) is 10.8. The molecule has 2 fully saturated rings. The van der Waals surface area contributed by atoms with Crippen LogP contribution in [0.3, 0.4) is 0 Å². The topological polar surface area (TPSA) is 92.5 Å². The quantitative estimate of drug-likeness (QED) is 0.650. The number of piperidine rings is 1. The molecule has 1 N–H and O–H groups in total. The number of benzene rings is 1. The molecule has 34 heavy (non-hydrogen) atoms. The molecule has 1 aliphatic heterocycles. The Bertz CT molecular complexity index is 1180. The molecule has 2 aliphatic rings. The van der Waals surface area contributed by atoms with E-state index >= 15 is 0 Å². The summed E-state index contributed by atoms with van der Waals surface area (Å²) in [5.41, 5.74) is 1.00. The van der Waals surface area contributed by atoms with Crippen LogP contribution in [-0.2, 0) is 26.8 Å². The van der Waals surface area contributed by atoms with Crippen LogP contribution in [-0.4, -0.2) is 52.4 Å². The van der Waals surface area contributed by atoms with Gasteiger partial charge in [-0.3, -0.25) is 4.79 Å². The Labute approximate surface area is 199 Å². The van der Waals surface area contributed by atoms with E-state index in [0.717, 1.165) is 11.3 Å². The summed E-state index contributed by atoms with van der Waals surface area (Å²) >= 11 is 0. The summed E-state index contributed by atoms with van der Waals surface area (Å²) in [5.74, 6) is -3.37. The number of sulfonamides is 1. The molecule has 1 saturated carbocycles. The van der Waals surface area contributed by atoms with Gasteiger partial charge >= 0.3 is 5.97 Å². The minimum Gasteiger partial charge on any atom is -0.481 e. The molecule has 0 radical (unpaired) electrons. The Balaban J connectivity index is 1.67. The number of nitrogens with zero attached hydrogens (tertiary/aromatic N) is 3. The van der Waals surface area contributed by atoms with E-state index in [-0.39, 0.29) is 42.2 Å². The molecule has 1 aromatic heterocycles. The standard InChI is InChI=1S/C24H33F2N3O4S/c1-23(2,3)22-27-19-13-18(34(32,33)28-12-4-5-17(15-28)21(30)31)6-7-20(19)29(22)14-16-8-10-24(25,26)11-9-16/h6-7,13,16-17H,4-5,8-12,14-15H2,1-3H3,(H,30,31)/t17-/m0/s1. The van der Waals surface area contributed by atoms with Gasteiger partial charge in [-0.15, -0.1) is 0 Å². The van der Waals surface area contributed by atoms with E-state index in [9.17, 15) is 27.1 Å². The lowest BCUT2D eigenvalue weighted by Crippen LogP contribution is -2.42. The van der Waals surface area contributed by atoms with Crippen LogP contribution < -0.4 is 0 Å². The molecule has 2 heterocycles. The number of aromatic nitrogens is 2. The Morgan fingerprint density at radius 2 is 1.88 bits per heavy atom. The smallest absolute Gasteiger partial charge is 0.307 e. The molecule has 1 aliphatic carbocycles. The van der Waals surface area contributed by atoms with E-state index in [1.807, 2.05) is 20.8 Å². The van der Waals surface area contributed by atoms with Crippen molar-refractivity contribution in [3.8, 4) is 0 Å². The van der Waals surface area contributed by atoms with Crippen molar-refractivity contribution in [2.24, 2.45) is 11.8 Å². The second kappa shape index (κ2) is 8.86. The number of halogens is 2. The van der Waals surface area contributed by atoms with Gasteiger partial charge in [-0.2, -0.15) is 4.31 Å². The number of fused-ring (bicyclic) bond motifs is 1. The zero-order chi connectivity index (χ0) is 24.9. The summed E-state index contributed by atoms with van der Waals surface area (Å²) in [6.45, 7) is 6.89. The summed E-state index contributed by atoms with van der Waals surface area (Å²) in [4.78, 5) is 16.3. The Kier molecular flexibility index (Phi) is 6.52. The molecule has 1 atom stereocenters. The average Bonchev–Trinajstić information content (AvgIpc) is 3.13. The van der Waals surface area contributed by atoms with Crippen molar-refractivity contribution in [3.63, 3.8) is 0 Å². The van der Waals surface area contributed by atoms with Crippen LogP contribution in [0.4, 0.5) is 8.78 Å². The number of carboxylic acids is 1. The third kappa shape index (κ3) is 4.98. The second-order valence-corrected chi connectivity index (χ2v) is 12.7. The first kappa shape index (κ1) is 25.0.